The monoisotopic (exact) mass is 331 g/mol. The normalized spacial score (nSPS) is 15.6. The molecule has 0 aliphatic heterocycles. The first kappa shape index (κ1) is 17.8. The molecule has 1 aromatic rings. The number of allylic oxidation sites excluding steroid dienone is 1. The van der Waals surface area contributed by atoms with Crippen LogP contribution in [0.4, 0.5) is 10.5 Å². The Kier molecular flexibility index (Phi) is 6.23. The van der Waals surface area contributed by atoms with Gasteiger partial charge in [-0.05, 0) is 49.6 Å². The molecule has 0 unspecified atom stereocenters. The van der Waals surface area contributed by atoms with Gasteiger partial charge in [-0.25, -0.2) is 4.79 Å². The summed E-state index contributed by atoms with van der Waals surface area (Å²) in [4.78, 5) is 13.9. The first-order valence-corrected chi connectivity index (χ1v) is 8.17. The Morgan fingerprint density at radius 2 is 2.00 bits per heavy atom. The van der Waals surface area contributed by atoms with Gasteiger partial charge in [-0.1, -0.05) is 12.8 Å². The van der Waals surface area contributed by atoms with Crippen LogP contribution in [0.5, 0.6) is 5.75 Å². The zero-order chi connectivity index (χ0) is 17.5. The molecule has 2 rings (SSSR count). The number of phenols is 1. The Bertz CT molecular complexity index is 604. The van der Waals surface area contributed by atoms with Crippen molar-refractivity contribution < 1.29 is 14.6 Å². The molecule has 6 nitrogen and oxygen atoms in total. The molecule has 1 aliphatic carbocycles. The van der Waals surface area contributed by atoms with Crippen molar-refractivity contribution in [2.45, 2.75) is 38.6 Å². The molecule has 0 bridgehead atoms. The molecule has 130 valence electrons. The molecule has 6 heteroatoms. The van der Waals surface area contributed by atoms with Crippen molar-refractivity contribution in [3.63, 3.8) is 0 Å². The second-order valence-corrected chi connectivity index (χ2v) is 6.08. The van der Waals surface area contributed by atoms with Gasteiger partial charge in [0.05, 0.1) is 5.70 Å². The number of nitrogens with one attached hydrogen (secondary N) is 2. The summed E-state index contributed by atoms with van der Waals surface area (Å²) in [6, 6.07) is 6.84. The molecule has 0 radical (unpaired) electrons. The van der Waals surface area contributed by atoms with E-state index < -0.39 is 0 Å². The van der Waals surface area contributed by atoms with Crippen LogP contribution >= 0.6 is 0 Å². The lowest BCUT2D eigenvalue weighted by atomic mass is 10.2. The maximum absolute atomic E-state index is 12.2. The molecule has 0 atom stereocenters. The van der Waals surface area contributed by atoms with Crippen LogP contribution in [0.1, 0.15) is 32.6 Å². The van der Waals surface area contributed by atoms with E-state index >= 15 is 0 Å². The highest BCUT2D eigenvalue weighted by Crippen LogP contribution is 2.23. The number of hydrogen-bond donors (Lipinski definition) is 3. The molecular weight excluding hydrogens is 306 g/mol. The summed E-state index contributed by atoms with van der Waals surface area (Å²) in [6.45, 7) is 1.85. The van der Waals surface area contributed by atoms with E-state index in [1.54, 1.807) is 43.1 Å². The zero-order valence-electron chi connectivity index (χ0n) is 14.2. The predicted molar refractivity (Wildman–Crippen MR) is 94.6 cm³/mol. The van der Waals surface area contributed by atoms with Crippen molar-refractivity contribution in [3.05, 3.63) is 35.5 Å². The molecule has 24 heavy (non-hydrogen) atoms. The molecule has 3 N–H and O–H groups in total. The maximum Gasteiger partial charge on any atom is 0.410 e. The fraction of sp³-hybridized carbons (Fsp3) is 0.444. The van der Waals surface area contributed by atoms with Crippen molar-refractivity contribution >= 4 is 18.0 Å². The van der Waals surface area contributed by atoms with Gasteiger partial charge in [0.1, 0.15) is 12.4 Å². The molecule has 1 aromatic carbocycles. The molecule has 1 saturated carbocycles. The minimum atomic E-state index is -0.343. The van der Waals surface area contributed by atoms with Crippen molar-refractivity contribution in [2.75, 3.05) is 19.0 Å². The Morgan fingerprint density at radius 3 is 2.58 bits per heavy atom. The highest BCUT2D eigenvalue weighted by molar-refractivity contribution is 5.78. The van der Waals surface area contributed by atoms with E-state index in [-0.39, 0.29) is 24.5 Å². The quantitative estimate of drug-likeness (QED) is 0.547. The first-order chi connectivity index (χ1) is 11.5. The number of carbonyl (C=O) groups is 1. The standard InChI is InChI=1S/C18H25N3O3/c1-13(11-19)17(20-14-7-9-16(22)10-8-14)12-24-18(23)21(2)15-5-3-4-6-15/h7-11,15,19-20,22H,3-6,12H2,1-2H3/b17-13-,19-11?. The zero-order valence-corrected chi connectivity index (χ0v) is 14.2. The lowest BCUT2D eigenvalue weighted by Gasteiger charge is -2.24. The molecule has 0 spiro atoms. The van der Waals surface area contributed by atoms with Gasteiger partial charge < -0.3 is 25.5 Å². The third-order valence-corrected chi connectivity index (χ3v) is 4.36. The largest absolute Gasteiger partial charge is 0.508 e. The summed E-state index contributed by atoms with van der Waals surface area (Å²) >= 11 is 0. The summed E-state index contributed by atoms with van der Waals surface area (Å²) in [5.74, 6) is 0.180. The van der Waals surface area contributed by atoms with Gasteiger partial charge in [-0.2, -0.15) is 0 Å². The summed E-state index contributed by atoms with van der Waals surface area (Å²) in [6.07, 6.45) is 5.24. The van der Waals surface area contributed by atoms with Crippen LogP contribution in [0.25, 0.3) is 0 Å². The van der Waals surface area contributed by atoms with Crippen molar-refractivity contribution in [1.29, 1.82) is 5.41 Å². The van der Waals surface area contributed by atoms with Gasteiger partial charge in [-0.15, -0.1) is 0 Å². The highest BCUT2D eigenvalue weighted by Gasteiger charge is 2.24. The third kappa shape index (κ3) is 4.75. The smallest absolute Gasteiger partial charge is 0.410 e. The number of benzene rings is 1. The number of aromatic hydroxyl groups is 1. The Hall–Kier alpha value is -2.50. The van der Waals surface area contributed by atoms with Crippen molar-refractivity contribution in [3.8, 4) is 5.75 Å². The van der Waals surface area contributed by atoms with Gasteiger partial charge in [0.25, 0.3) is 0 Å². The fourth-order valence-corrected chi connectivity index (χ4v) is 2.73. The lowest BCUT2D eigenvalue weighted by Crippen LogP contribution is -2.36. The number of amides is 1. The summed E-state index contributed by atoms with van der Waals surface area (Å²) in [7, 11) is 1.78. The number of phenolic OH excluding ortho intramolecular Hbond substituents is 1. The van der Waals surface area contributed by atoms with Gasteiger partial charge >= 0.3 is 6.09 Å². The van der Waals surface area contributed by atoms with E-state index in [0.717, 1.165) is 31.4 Å². The number of rotatable bonds is 6. The molecule has 1 amide bonds. The van der Waals surface area contributed by atoms with Crippen LogP contribution < -0.4 is 5.32 Å². The first-order valence-electron chi connectivity index (χ1n) is 8.17. The van der Waals surface area contributed by atoms with Crippen LogP contribution in [-0.2, 0) is 4.74 Å². The maximum atomic E-state index is 12.2. The van der Waals surface area contributed by atoms with Crippen LogP contribution in [0.2, 0.25) is 0 Å². The van der Waals surface area contributed by atoms with Crippen molar-refractivity contribution in [2.24, 2.45) is 0 Å². The minimum absolute atomic E-state index is 0.0674. The second-order valence-electron chi connectivity index (χ2n) is 6.08. The van der Waals surface area contributed by atoms with Crippen LogP contribution in [0.3, 0.4) is 0 Å². The number of anilines is 1. The van der Waals surface area contributed by atoms with E-state index in [2.05, 4.69) is 5.32 Å². The molecule has 1 fully saturated rings. The topological polar surface area (TPSA) is 85.7 Å². The van der Waals surface area contributed by atoms with E-state index in [9.17, 15) is 9.90 Å². The molecule has 0 saturated heterocycles. The molecular formula is C18H25N3O3. The number of hydrogen-bond acceptors (Lipinski definition) is 5. The van der Waals surface area contributed by atoms with Crippen LogP contribution in [-0.4, -0.2) is 42.0 Å². The Labute approximate surface area is 142 Å². The lowest BCUT2D eigenvalue weighted by molar-refractivity contribution is 0.105. The number of carbonyl (C=O) groups excluding carboxylic acids is 1. The highest BCUT2D eigenvalue weighted by atomic mass is 16.6. The Balaban J connectivity index is 1.97. The molecule has 0 heterocycles. The van der Waals surface area contributed by atoms with E-state index in [0.29, 0.717) is 11.3 Å². The van der Waals surface area contributed by atoms with Gasteiger partial charge in [0.15, 0.2) is 0 Å². The third-order valence-electron chi connectivity index (χ3n) is 4.36. The number of nitrogens with zero attached hydrogens (tertiary/aromatic N) is 1. The van der Waals surface area contributed by atoms with E-state index in [1.165, 1.54) is 6.21 Å². The van der Waals surface area contributed by atoms with E-state index in [1.807, 2.05) is 0 Å². The van der Waals surface area contributed by atoms with Gasteiger partial charge in [0, 0.05) is 25.0 Å². The minimum Gasteiger partial charge on any atom is -0.508 e. The number of ether oxygens (including phenoxy) is 1. The average Bonchev–Trinajstić information content (AvgIpc) is 3.13. The van der Waals surface area contributed by atoms with Gasteiger partial charge in [0.2, 0.25) is 0 Å². The van der Waals surface area contributed by atoms with Crippen LogP contribution in [0.15, 0.2) is 35.5 Å². The fourth-order valence-electron chi connectivity index (χ4n) is 2.73. The van der Waals surface area contributed by atoms with Crippen molar-refractivity contribution in [1.82, 2.24) is 4.90 Å². The van der Waals surface area contributed by atoms with Gasteiger partial charge in [-0.3, -0.25) is 0 Å². The SMILES string of the molecule is C/C(C=N)=C(\COC(=O)N(C)C1CCCC1)Nc1ccc(O)cc1. The second kappa shape index (κ2) is 8.38. The summed E-state index contributed by atoms with van der Waals surface area (Å²) in [5.41, 5.74) is 2.08. The summed E-state index contributed by atoms with van der Waals surface area (Å²) < 4.78 is 5.41. The predicted octanol–water partition coefficient (Wildman–Crippen LogP) is 3.74. The van der Waals surface area contributed by atoms with E-state index in [4.69, 9.17) is 10.1 Å². The molecule has 0 aromatic heterocycles. The molecule has 1 aliphatic rings. The Morgan fingerprint density at radius 1 is 1.38 bits per heavy atom. The van der Waals surface area contributed by atoms with Crippen LogP contribution in [0, 0.1) is 5.41 Å². The average molecular weight is 331 g/mol. The summed E-state index contributed by atoms with van der Waals surface area (Å²) in [5, 5.41) is 19.9.